The summed E-state index contributed by atoms with van der Waals surface area (Å²) in [5, 5.41) is 4.03. The van der Waals surface area contributed by atoms with Gasteiger partial charge in [0, 0.05) is 0 Å². The number of hydrogen-bond donors (Lipinski definition) is 0. The molecule has 0 spiro atoms. The number of fused-ring (bicyclic) bond motifs is 3. The molecule has 0 unspecified atom stereocenters. The third-order valence-corrected chi connectivity index (χ3v) is 16.5. The minimum absolute atomic E-state index is 0. The Bertz CT molecular complexity index is 2570. The summed E-state index contributed by atoms with van der Waals surface area (Å²) >= 11 is 0. The van der Waals surface area contributed by atoms with Gasteiger partial charge in [-0.25, -0.2) is 25.3 Å². The van der Waals surface area contributed by atoms with Gasteiger partial charge in [0.1, 0.15) is 30.4 Å². The summed E-state index contributed by atoms with van der Waals surface area (Å²) in [7, 11) is -13.4. The van der Waals surface area contributed by atoms with Crippen molar-refractivity contribution < 1.29 is 56.3 Å². The third-order valence-electron chi connectivity index (χ3n) is 13.5. The van der Waals surface area contributed by atoms with E-state index in [1.165, 1.54) is 116 Å². The van der Waals surface area contributed by atoms with Crippen LogP contribution in [-0.2, 0) is 67.0 Å². The first-order valence-corrected chi connectivity index (χ1v) is 31.2. The topological polar surface area (TPSA) is 172 Å². The zero-order valence-corrected chi connectivity index (χ0v) is 47.5. The molecule has 1 radical (unpaired) electrons. The van der Waals surface area contributed by atoms with E-state index in [-0.39, 0.29) is 32.0 Å². The van der Waals surface area contributed by atoms with Gasteiger partial charge in [-0.05, 0) is 87.5 Å². The molecule has 0 atom stereocenters. The van der Waals surface area contributed by atoms with Crippen LogP contribution in [0.1, 0.15) is 192 Å². The molecule has 0 aliphatic rings. The van der Waals surface area contributed by atoms with E-state index in [4.69, 9.17) is 0 Å². The molecule has 0 bridgehead atoms. The van der Waals surface area contributed by atoms with Crippen LogP contribution in [0, 0.1) is 0 Å². The van der Waals surface area contributed by atoms with E-state index in [0.717, 1.165) is 54.7 Å². The van der Waals surface area contributed by atoms with Gasteiger partial charge in [0.2, 0.25) is 0 Å². The van der Waals surface area contributed by atoms with Crippen molar-refractivity contribution in [2.75, 3.05) is 0 Å². The maximum absolute atomic E-state index is 11.7. The monoisotopic (exact) mass is 1090 g/mol. The molecule has 399 valence electrons. The van der Waals surface area contributed by atoms with Gasteiger partial charge < -0.3 is 13.7 Å². The van der Waals surface area contributed by atoms with Gasteiger partial charge in [-0.3, -0.25) is 0 Å². The summed E-state index contributed by atoms with van der Waals surface area (Å²) in [6, 6.07) is 32.7. The SMILES string of the molecule is CCCCCCCCCCc1ccc2ccccc2c1S(=O)(=O)[O-].CCCCCCCCCCc1ccc2ccccc2c1S(=O)(=O)[O-].CCCCCCCCCCc1ccc2ccccc2c1S(=O)(=O)[O-].[Cr+3]. The molecule has 0 N–H and O–H groups in total. The van der Waals surface area contributed by atoms with Gasteiger partial charge in [0.25, 0.3) is 0 Å². The van der Waals surface area contributed by atoms with Gasteiger partial charge in [-0.15, -0.1) is 0 Å². The fraction of sp³-hybridized carbons (Fsp3) is 0.500. The van der Waals surface area contributed by atoms with Crippen LogP contribution in [0.3, 0.4) is 0 Å². The van der Waals surface area contributed by atoms with Crippen molar-refractivity contribution in [3.05, 3.63) is 126 Å². The van der Waals surface area contributed by atoms with Crippen molar-refractivity contribution in [1.29, 1.82) is 0 Å². The Morgan fingerprint density at radius 3 is 0.712 bits per heavy atom. The molecule has 0 heterocycles. The van der Waals surface area contributed by atoms with Crippen LogP contribution >= 0.6 is 0 Å². The Morgan fingerprint density at radius 1 is 0.288 bits per heavy atom. The number of rotatable bonds is 30. The summed E-state index contributed by atoms with van der Waals surface area (Å²) in [6.45, 7) is 6.64. The standard InChI is InChI=1S/3C20H28O3S.Cr/c3*1-2-3-4-5-6-7-8-9-13-18-16-15-17-12-10-11-14-19(17)20(18)24(21,22)23;/h3*10-12,14-16H,2-9,13H2,1H3,(H,21,22,23);/q;;;+3/p-3. The van der Waals surface area contributed by atoms with E-state index in [1.807, 2.05) is 54.6 Å². The Kier molecular flexibility index (Phi) is 29.7. The number of unbranched alkanes of at least 4 members (excludes halogenated alkanes) is 21. The predicted molar refractivity (Wildman–Crippen MR) is 295 cm³/mol. The van der Waals surface area contributed by atoms with Gasteiger partial charge in [0.15, 0.2) is 0 Å². The average molecular weight is 1090 g/mol. The van der Waals surface area contributed by atoms with E-state index in [1.54, 1.807) is 54.6 Å². The largest absolute Gasteiger partial charge is 3.00 e. The van der Waals surface area contributed by atoms with Crippen LogP contribution in [0.25, 0.3) is 32.3 Å². The molecule has 73 heavy (non-hydrogen) atoms. The molecular formula is C60H81CrO9S3. The summed E-state index contributed by atoms with van der Waals surface area (Å²) < 4.78 is 106. The van der Waals surface area contributed by atoms with Crippen LogP contribution in [-0.4, -0.2) is 38.9 Å². The molecule has 6 aromatic carbocycles. The van der Waals surface area contributed by atoms with E-state index in [0.29, 0.717) is 52.1 Å². The fourth-order valence-electron chi connectivity index (χ4n) is 9.69. The predicted octanol–water partition coefficient (Wildman–Crippen LogP) is 16.3. The maximum atomic E-state index is 11.7. The van der Waals surface area contributed by atoms with E-state index in [2.05, 4.69) is 20.8 Å². The maximum Gasteiger partial charge on any atom is 3.00 e. The first kappa shape index (κ1) is 63.7. The van der Waals surface area contributed by atoms with Gasteiger partial charge in [-0.2, -0.15) is 0 Å². The number of benzene rings is 6. The summed E-state index contributed by atoms with van der Waals surface area (Å²) in [4.78, 5) is -0.0735. The molecule has 0 saturated carbocycles. The smallest absolute Gasteiger partial charge is 0.744 e. The molecule has 0 saturated heterocycles. The zero-order valence-electron chi connectivity index (χ0n) is 43.8. The first-order valence-electron chi connectivity index (χ1n) is 27.0. The second-order valence-electron chi connectivity index (χ2n) is 19.4. The molecule has 0 aromatic heterocycles. The van der Waals surface area contributed by atoms with Crippen LogP contribution in [0.15, 0.2) is 124 Å². The normalized spacial score (nSPS) is 11.8. The van der Waals surface area contributed by atoms with Crippen molar-refractivity contribution >= 4 is 62.7 Å². The molecule has 13 heteroatoms. The van der Waals surface area contributed by atoms with E-state index in [9.17, 15) is 38.9 Å². The second-order valence-corrected chi connectivity index (χ2v) is 23.3. The van der Waals surface area contributed by atoms with Crippen molar-refractivity contribution in [2.45, 2.75) is 209 Å². The molecular weight excluding hydrogens is 1010 g/mol. The second kappa shape index (κ2) is 34.1. The van der Waals surface area contributed by atoms with Crippen molar-refractivity contribution in [3.8, 4) is 0 Å². The average Bonchev–Trinajstić information content (AvgIpc) is 3.35. The molecule has 0 aliphatic carbocycles. The Labute approximate surface area is 450 Å². The van der Waals surface area contributed by atoms with E-state index < -0.39 is 30.4 Å². The van der Waals surface area contributed by atoms with Crippen molar-refractivity contribution in [2.24, 2.45) is 0 Å². The molecule has 6 aromatic rings. The Hall–Kier alpha value is -3.64. The minimum Gasteiger partial charge on any atom is -0.744 e. The number of aryl methyl sites for hydroxylation is 3. The van der Waals surface area contributed by atoms with Gasteiger partial charge in [0.05, 0.1) is 14.7 Å². The number of hydrogen-bond acceptors (Lipinski definition) is 9. The summed E-state index contributed by atoms with van der Waals surface area (Å²) in [6.07, 6.45) is 30.7. The molecule has 0 fully saturated rings. The third kappa shape index (κ3) is 22.2. The molecule has 6 rings (SSSR count). The van der Waals surface area contributed by atoms with Crippen LogP contribution in [0.4, 0.5) is 0 Å². The van der Waals surface area contributed by atoms with Crippen LogP contribution in [0.5, 0.6) is 0 Å². The molecule has 9 nitrogen and oxygen atoms in total. The van der Waals surface area contributed by atoms with Gasteiger partial charge >= 0.3 is 17.4 Å². The van der Waals surface area contributed by atoms with Crippen molar-refractivity contribution in [1.82, 2.24) is 0 Å². The fourth-order valence-corrected chi connectivity index (χ4v) is 12.5. The van der Waals surface area contributed by atoms with Crippen LogP contribution in [0.2, 0.25) is 0 Å². The van der Waals surface area contributed by atoms with E-state index >= 15 is 0 Å². The van der Waals surface area contributed by atoms with Gasteiger partial charge in [-0.1, -0.05) is 265 Å². The molecule has 0 aliphatic heterocycles. The Morgan fingerprint density at radius 2 is 0.493 bits per heavy atom. The first-order chi connectivity index (χ1) is 34.6. The zero-order chi connectivity index (χ0) is 52.2. The van der Waals surface area contributed by atoms with Crippen molar-refractivity contribution in [3.63, 3.8) is 0 Å². The summed E-state index contributed by atoms with van der Waals surface area (Å²) in [5.74, 6) is 0. The van der Waals surface area contributed by atoms with Crippen LogP contribution < -0.4 is 0 Å². The summed E-state index contributed by atoms with van der Waals surface area (Å²) in [5.41, 5.74) is 1.99. The Balaban J connectivity index is 0.000000287. The quantitative estimate of drug-likeness (QED) is 0.0314. The molecule has 0 amide bonds. The minimum atomic E-state index is -4.47.